The molecule has 5 N–H and O–H groups in total. The zero-order valence-corrected chi connectivity index (χ0v) is 31.9. The molecular weight excluding hydrogens is 726 g/mol. The zero-order chi connectivity index (χ0) is 40.7. The fraction of sp³-hybridized carbons (Fsp3) is 0.361. The van der Waals surface area contributed by atoms with Crippen molar-refractivity contribution in [2.45, 2.75) is 51.8 Å². The number of hydrogen-bond acceptors (Lipinski definition) is 16. The molecule has 5 aromatic rings. The quantitative estimate of drug-likeness (QED) is 0.137. The fourth-order valence-electron chi connectivity index (χ4n) is 6.31. The van der Waals surface area contributed by atoms with Crippen LogP contribution >= 0.6 is 0 Å². The second-order valence-corrected chi connectivity index (χ2v) is 13.6. The molecule has 0 aromatic carbocycles. The lowest BCUT2D eigenvalue weighted by Crippen LogP contribution is -2.50. The molecule has 2 bridgehead atoms. The van der Waals surface area contributed by atoms with E-state index in [0.29, 0.717) is 41.4 Å². The molecule has 0 unspecified atom stereocenters. The van der Waals surface area contributed by atoms with Crippen molar-refractivity contribution in [2.75, 3.05) is 42.8 Å². The molecule has 7 heterocycles. The highest BCUT2D eigenvalue weighted by atomic mass is 16.6. The average molecular weight is 770 g/mol. The maximum absolute atomic E-state index is 12.9. The summed E-state index contributed by atoms with van der Waals surface area (Å²) in [5, 5.41) is 13.2. The van der Waals surface area contributed by atoms with Crippen LogP contribution in [-0.4, -0.2) is 119 Å². The minimum Gasteiger partial charge on any atom is -0.483 e. The van der Waals surface area contributed by atoms with Crippen molar-refractivity contribution in [2.24, 2.45) is 12.8 Å². The van der Waals surface area contributed by atoms with Crippen molar-refractivity contribution in [3.05, 3.63) is 66.5 Å². The molecular formula is C36H43N13O7. The predicted molar refractivity (Wildman–Crippen MR) is 204 cm³/mol. The van der Waals surface area contributed by atoms with Crippen LogP contribution in [0.4, 0.5) is 27.9 Å². The highest BCUT2D eigenvalue weighted by Gasteiger charge is 2.47. The molecule has 0 saturated carbocycles. The molecule has 2 aliphatic rings. The van der Waals surface area contributed by atoms with Gasteiger partial charge in [-0.05, 0) is 45.7 Å². The van der Waals surface area contributed by atoms with Crippen molar-refractivity contribution >= 4 is 58.6 Å². The molecule has 20 nitrogen and oxygen atoms in total. The SMILES string of the molecule is CNc1nc(Nc2cnc(N3C[C@H]4C[C@@H]3CN4C(=O)OC(C)(C)C)c(C)c2)c(C(=O)OC)nc1-c1cncc2c1ncn2C.NC(=O)c1cnccn1.O=CO. The second kappa shape index (κ2) is 17.0. The summed E-state index contributed by atoms with van der Waals surface area (Å²) in [6, 6.07) is 2.20. The van der Waals surface area contributed by atoms with Crippen LogP contribution in [0.15, 0.2) is 49.6 Å². The zero-order valence-electron chi connectivity index (χ0n) is 31.9. The number of pyridine rings is 2. The molecule has 2 amide bonds. The number of nitrogens with two attached hydrogens (primary N) is 1. The number of hydrogen-bond donors (Lipinski definition) is 4. The van der Waals surface area contributed by atoms with Crippen LogP contribution in [-0.2, 0) is 21.3 Å². The van der Waals surface area contributed by atoms with E-state index in [1.54, 1.807) is 32.0 Å². The van der Waals surface area contributed by atoms with Gasteiger partial charge in [-0.3, -0.25) is 19.6 Å². The maximum Gasteiger partial charge on any atom is 0.410 e. The number of nitrogens with zero attached hydrogens (tertiary/aromatic N) is 10. The number of carbonyl (C=O) groups excluding carboxylic acids is 3. The second-order valence-electron chi connectivity index (χ2n) is 13.6. The van der Waals surface area contributed by atoms with E-state index < -0.39 is 17.5 Å². The molecule has 0 radical (unpaired) electrons. The molecule has 5 aromatic heterocycles. The lowest BCUT2D eigenvalue weighted by atomic mass is 10.1. The number of rotatable bonds is 7. The number of ether oxygens (including phenoxy) is 2. The Kier molecular flexibility index (Phi) is 12.2. The van der Waals surface area contributed by atoms with Gasteiger partial charge in [0.05, 0.1) is 60.9 Å². The van der Waals surface area contributed by atoms with E-state index in [9.17, 15) is 14.4 Å². The molecule has 20 heteroatoms. The third-order valence-corrected chi connectivity index (χ3v) is 8.67. The Morgan fingerprint density at radius 2 is 1.75 bits per heavy atom. The first-order valence-electron chi connectivity index (χ1n) is 17.3. The van der Waals surface area contributed by atoms with Crippen LogP contribution < -0.4 is 21.3 Å². The summed E-state index contributed by atoms with van der Waals surface area (Å²) in [5.74, 6) is 0.308. The Bertz CT molecular complexity index is 2230. The lowest BCUT2D eigenvalue weighted by molar-refractivity contribution is -0.122. The number of anilines is 4. The Morgan fingerprint density at radius 3 is 2.32 bits per heavy atom. The van der Waals surface area contributed by atoms with Gasteiger partial charge >= 0.3 is 12.1 Å². The van der Waals surface area contributed by atoms with E-state index in [2.05, 4.69) is 40.5 Å². The lowest BCUT2D eigenvalue weighted by Gasteiger charge is -2.36. The number of nitrogens with one attached hydrogen (secondary N) is 2. The van der Waals surface area contributed by atoms with Crippen LogP contribution in [0.2, 0.25) is 0 Å². The molecule has 0 aliphatic carbocycles. The number of amides is 2. The molecule has 2 aliphatic heterocycles. The van der Waals surface area contributed by atoms with Gasteiger partial charge in [0, 0.05) is 45.8 Å². The normalized spacial score (nSPS) is 15.6. The van der Waals surface area contributed by atoms with E-state index >= 15 is 0 Å². The van der Waals surface area contributed by atoms with E-state index in [1.165, 1.54) is 25.7 Å². The van der Waals surface area contributed by atoms with Gasteiger partial charge in [-0.25, -0.2) is 34.5 Å². The third-order valence-electron chi connectivity index (χ3n) is 8.67. The largest absolute Gasteiger partial charge is 0.483 e. The number of carbonyl (C=O) groups is 4. The Hall–Kier alpha value is -6.99. The molecule has 0 spiro atoms. The van der Waals surface area contributed by atoms with Gasteiger partial charge in [0.2, 0.25) is 0 Å². The third kappa shape index (κ3) is 8.86. The summed E-state index contributed by atoms with van der Waals surface area (Å²) in [6.07, 6.45) is 11.6. The number of esters is 1. The molecule has 2 atom stereocenters. The highest BCUT2D eigenvalue weighted by molar-refractivity contribution is 5.98. The number of primary amides is 1. The first-order chi connectivity index (χ1) is 26.7. The van der Waals surface area contributed by atoms with Gasteiger partial charge in [0.1, 0.15) is 28.3 Å². The minimum absolute atomic E-state index is 0.00949. The van der Waals surface area contributed by atoms with Crippen LogP contribution in [0, 0.1) is 6.92 Å². The van der Waals surface area contributed by atoms with Crippen LogP contribution in [0.1, 0.15) is 53.7 Å². The Labute approximate surface area is 321 Å². The van der Waals surface area contributed by atoms with E-state index in [0.717, 1.165) is 23.3 Å². The number of aryl methyl sites for hydroxylation is 2. The summed E-state index contributed by atoms with van der Waals surface area (Å²) < 4.78 is 12.5. The fourth-order valence-corrected chi connectivity index (χ4v) is 6.31. The van der Waals surface area contributed by atoms with E-state index in [1.807, 2.05) is 50.3 Å². The smallest absolute Gasteiger partial charge is 0.410 e. The number of methoxy groups -OCH3 is 1. The number of piperazine rings is 1. The Balaban J connectivity index is 0.000000431. The Morgan fingerprint density at radius 1 is 1.00 bits per heavy atom. The maximum atomic E-state index is 12.9. The van der Waals surface area contributed by atoms with Crippen LogP contribution in [0.25, 0.3) is 22.3 Å². The van der Waals surface area contributed by atoms with Crippen molar-refractivity contribution in [1.29, 1.82) is 0 Å². The van der Waals surface area contributed by atoms with Gasteiger partial charge in [-0.1, -0.05) is 0 Å². The van der Waals surface area contributed by atoms with Gasteiger partial charge in [-0.15, -0.1) is 0 Å². The number of likely N-dealkylation sites (tertiary alicyclic amines) is 1. The summed E-state index contributed by atoms with van der Waals surface area (Å²) in [6.45, 7) is 8.65. The van der Waals surface area contributed by atoms with Gasteiger partial charge in [0.15, 0.2) is 17.3 Å². The summed E-state index contributed by atoms with van der Waals surface area (Å²) in [4.78, 5) is 78.7. The molecule has 7 rings (SSSR count). The standard InChI is InChI=1S/C30H36N10O4.C5H5N3O.CH2O2/c1-16-8-17(10-33-27(16)39-13-19-9-18(39)14-40(19)29(42)44-30(2,3)4)35-26-24(28(41)43-7)36-23(25(31-5)37-26)20-11-32-12-21-22(20)34-15-38(21)6;6-5(9)4-3-7-1-2-8-4;2-1-3/h8,10-12,15,18-19H,9,13-14H2,1-7H3,(H2,31,35,37);1-3H,(H2,6,9);1H,(H,2,3)/t18-,19-;;/m1../s1. The van der Waals surface area contributed by atoms with Gasteiger partial charge < -0.3 is 45.3 Å². The van der Waals surface area contributed by atoms with E-state index in [-0.39, 0.29) is 41.9 Å². The van der Waals surface area contributed by atoms with Crippen molar-refractivity contribution in [3.8, 4) is 11.3 Å². The summed E-state index contributed by atoms with van der Waals surface area (Å²) in [7, 11) is 4.91. The number of aromatic nitrogens is 8. The van der Waals surface area contributed by atoms with Crippen molar-refractivity contribution in [1.82, 2.24) is 44.4 Å². The highest BCUT2D eigenvalue weighted by Crippen LogP contribution is 2.37. The van der Waals surface area contributed by atoms with Crippen molar-refractivity contribution in [3.63, 3.8) is 0 Å². The number of fused-ring (bicyclic) bond motifs is 3. The monoisotopic (exact) mass is 769 g/mol. The van der Waals surface area contributed by atoms with Crippen LogP contribution in [0.3, 0.4) is 0 Å². The van der Waals surface area contributed by atoms with Gasteiger partial charge in [-0.2, -0.15) is 0 Å². The number of imidazole rings is 1. The predicted octanol–water partition coefficient (Wildman–Crippen LogP) is 3.17. The van der Waals surface area contributed by atoms with Gasteiger partial charge in [0.25, 0.3) is 12.4 Å². The molecule has 2 fully saturated rings. The molecule has 56 heavy (non-hydrogen) atoms. The first-order valence-corrected chi connectivity index (χ1v) is 17.3. The first kappa shape index (κ1) is 40.2. The van der Waals surface area contributed by atoms with Crippen LogP contribution in [0.5, 0.6) is 0 Å². The summed E-state index contributed by atoms with van der Waals surface area (Å²) >= 11 is 0. The topological polar surface area (TPSA) is 259 Å². The minimum atomic E-state index is -0.644. The van der Waals surface area contributed by atoms with E-state index in [4.69, 9.17) is 35.1 Å². The average Bonchev–Trinajstić information content (AvgIpc) is 3.90. The number of carboxylic acid groups (broad SMARTS) is 1. The molecule has 2 saturated heterocycles. The summed E-state index contributed by atoms with van der Waals surface area (Å²) in [5.41, 5.74) is 8.67. The molecule has 294 valence electrons. The van der Waals surface area contributed by atoms with Crippen molar-refractivity contribution < 1.29 is 33.8 Å².